The van der Waals surface area contributed by atoms with Crippen molar-refractivity contribution in [1.29, 1.82) is 0 Å². The fourth-order valence-electron chi connectivity index (χ4n) is 5.45. The number of halogens is 1. The fourth-order valence-corrected chi connectivity index (χ4v) is 7.09. The van der Waals surface area contributed by atoms with E-state index in [4.69, 9.17) is 11.6 Å². The zero-order valence-corrected chi connectivity index (χ0v) is 22.3. The van der Waals surface area contributed by atoms with Gasteiger partial charge < -0.3 is 19.7 Å². The molecule has 0 fully saturated rings. The average molecular weight is 517 g/mol. The van der Waals surface area contributed by atoms with Gasteiger partial charge in [0.25, 0.3) is 0 Å². The second-order valence-electron chi connectivity index (χ2n) is 9.84. The normalized spacial score (nSPS) is 17.2. The Kier molecular flexibility index (Phi) is 5.91. The van der Waals surface area contributed by atoms with Crippen LogP contribution in [0.3, 0.4) is 0 Å². The second-order valence-corrected chi connectivity index (χ2v) is 11.4. The summed E-state index contributed by atoms with van der Waals surface area (Å²) in [5.41, 5.74) is 7.83. The molecule has 2 aliphatic heterocycles. The molecule has 184 valence electrons. The number of benzene rings is 2. The Hall–Kier alpha value is -3.06. The number of thiophene rings is 1. The van der Waals surface area contributed by atoms with Gasteiger partial charge in [-0.25, -0.2) is 4.79 Å². The van der Waals surface area contributed by atoms with Gasteiger partial charge in [-0.1, -0.05) is 35.9 Å². The maximum atomic E-state index is 14.1. The van der Waals surface area contributed by atoms with Crippen molar-refractivity contribution in [3.63, 3.8) is 0 Å². The lowest BCUT2D eigenvalue weighted by Crippen LogP contribution is -2.38. The van der Waals surface area contributed by atoms with Gasteiger partial charge in [-0.15, -0.1) is 11.3 Å². The first-order valence-electron chi connectivity index (χ1n) is 12.3. The summed E-state index contributed by atoms with van der Waals surface area (Å²) in [7, 11) is 2.17. The van der Waals surface area contributed by atoms with Crippen molar-refractivity contribution < 1.29 is 4.79 Å². The fraction of sp³-hybridized carbons (Fsp3) is 0.276. The third-order valence-corrected chi connectivity index (χ3v) is 9.02. The van der Waals surface area contributed by atoms with Gasteiger partial charge in [0.05, 0.1) is 18.3 Å². The summed E-state index contributed by atoms with van der Waals surface area (Å²) in [6, 6.07) is 17.7. The Morgan fingerprint density at radius 3 is 2.72 bits per heavy atom. The molecule has 1 N–H and O–H groups in total. The molecule has 2 aromatic carbocycles. The zero-order chi connectivity index (χ0) is 25.0. The van der Waals surface area contributed by atoms with E-state index in [0.29, 0.717) is 11.6 Å². The van der Waals surface area contributed by atoms with E-state index in [1.165, 1.54) is 21.0 Å². The summed E-state index contributed by atoms with van der Waals surface area (Å²) < 4.78 is 2.29. The third kappa shape index (κ3) is 3.94. The molecule has 1 unspecified atom stereocenters. The van der Waals surface area contributed by atoms with Gasteiger partial charge in [0.2, 0.25) is 0 Å². The number of anilines is 1. The quantitative estimate of drug-likeness (QED) is 0.313. The highest BCUT2D eigenvalue weighted by Gasteiger charge is 2.36. The predicted molar refractivity (Wildman–Crippen MR) is 147 cm³/mol. The number of amides is 2. The van der Waals surface area contributed by atoms with Crippen LogP contribution in [0.25, 0.3) is 5.00 Å². The molecule has 0 radical (unpaired) electrons. The van der Waals surface area contributed by atoms with E-state index < -0.39 is 0 Å². The molecular formula is C29H29ClN4OS. The number of hydrogen-bond donors (Lipinski definition) is 1. The number of fused-ring (bicyclic) bond motifs is 5. The maximum Gasteiger partial charge on any atom is 0.322 e. The smallest absolute Gasteiger partial charge is 0.310 e. The molecule has 2 aliphatic rings. The SMILES string of the molecule is Cc1cccc(NC(=O)N2Cc3c(sc4c3CCN(C)C4)-n3cccc3C2c2cccc(Cl)c2)c1C. The van der Waals surface area contributed by atoms with Crippen LogP contribution >= 0.6 is 22.9 Å². The largest absolute Gasteiger partial charge is 0.322 e. The lowest BCUT2D eigenvalue weighted by atomic mass is 10.0. The van der Waals surface area contributed by atoms with Crippen LogP contribution in [0.4, 0.5) is 10.5 Å². The van der Waals surface area contributed by atoms with Crippen molar-refractivity contribution in [2.75, 3.05) is 18.9 Å². The summed E-state index contributed by atoms with van der Waals surface area (Å²) >= 11 is 8.31. The number of urea groups is 1. The second kappa shape index (κ2) is 9.11. The molecule has 2 amide bonds. The molecule has 0 bridgehead atoms. The number of aromatic nitrogens is 1. The highest BCUT2D eigenvalue weighted by molar-refractivity contribution is 7.15. The first-order chi connectivity index (χ1) is 17.4. The number of nitrogens with zero attached hydrogens (tertiary/aromatic N) is 3. The van der Waals surface area contributed by atoms with Crippen LogP contribution in [0.5, 0.6) is 0 Å². The maximum absolute atomic E-state index is 14.1. The summed E-state index contributed by atoms with van der Waals surface area (Å²) in [5, 5.41) is 5.13. The molecule has 6 rings (SSSR count). The van der Waals surface area contributed by atoms with Crippen molar-refractivity contribution in [1.82, 2.24) is 14.4 Å². The van der Waals surface area contributed by atoms with Crippen LogP contribution in [-0.2, 0) is 19.5 Å². The van der Waals surface area contributed by atoms with Gasteiger partial charge in [0.1, 0.15) is 5.00 Å². The van der Waals surface area contributed by atoms with Crippen LogP contribution in [0.2, 0.25) is 5.02 Å². The van der Waals surface area contributed by atoms with Crippen molar-refractivity contribution in [3.8, 4) is 5.00 Å². The van der Waals surface area contributed by atoms with E-state index in [9.17, 15) is 4.79 Å². The number of rotatable bonds is 2. The molecule has 0 spiro atoms. The Balaban J connectivity index is 1.51. The van der Waals surface area contributed by atoms with Crippen LogP contribution in [0.1, 0.15) is 44.4 Å². The van der Waals surface area contributed by atoms with Gasteiger partial charge in [-0.3, -0.25) is 0 Å². The van der Waals surface area contributed by atoms with E-state index in [2.05, 4.69) is 66.1 Å². The minimum absolute atomic E-state index is 0.109. The van der Waals surface area contributed by atoms with E-state index >= 15 is 0 Å². The molecule has 5 nitrogen and oxygen atoms in total. The molecule has 4 aromatic rings. The van der Waals surface area contributed by atoms with Gasteiger partial charge >= 0.3 is 6.03 Å². The summed E-state index contributed by atoms with van der Waals surface area (Å²) in [5.74, 6) is 0. The molecule has 0 saturated carbocycles. The number of aryl methyl sites for hydroxylation is 1. The summed E-state index contributed by atoms with van der Waals surface area (Å²) in [6.07, 6.45) is 3.13. The van der Waals surface area contributed by atoms with Gasteiger partial charge in [0.15, 0.2) is 0 Å². The van der Waals surface area contributed by atoms with E-state index in [1.54, 1.807) is 0 Å². The number of likely N-dealkylation sites (N-methyl/N-ethyl adjacent to an activating group) is 1. The number of carbonyl (C=O) groups excluding carboxylic acids is 1. The molecule has 0 saturated heterocycles. The third-order valence-electron chi connectivity index (χ3n) is 7.53. The zero-order valence-electron chi connectivity index (χ0n) is 20.7. The number of carbonyl (C=O) groups is 1. The summed E-state index contributed by atoms with van der Waals surface area (Å²) in [6.45, 7) is 6.65. The highest BCUT2D eigenvalue weighted by atomic mass is 35.5. The molecule has 36 heavy (non-hydrogen) atoms. The van der Waals surface area contributed by atoms with Crippen molar-refractivity contribution in [3.05, 3.63) is 104 Å². The van der Waals surface area contributed by atoms with Crippen molar-refractivity contribution >= 4 is 34.7 Å². The molecular weight excluding hydrogens is 488 g/mol. The molecule has 2 aromatic heterocycles. The van der Waals surface area contributed by atoms with Crippen molar-refractivity contribution in [2.24, 2.45) is 0 Å². The lowest BCUT2D eigenvalue weighted by molar-refractivity contribution is 0.194. The highest BCUT2D eigenvalue weighted by Crippen LogP contribution is 2.44. The van der Waals surface area contributed by atoms with Crippen LogP contribution in [-0.4, -0.2) is 34.0 Å². The Bertz CT molecular complexity index is 1470. The van der Waals surface area contributed by atoms with Crippen LogP contribution in [0, 0.1) is 13.8 Å². The summed E-state index contributed by atoms with van der Waals surface area (Å²) in [4.78, 5) is 19.9. The van der Waals surface area contributed by atoms with Gasteiger partial charge in [-0.05, 0) is 79.9 Å². The predicted octanol–water partition coefficient (Wildman–Crippen LogP) is 6.93. The topological polar surface area (TPSA) is 40.5 Å². The Morgan fingerprint density at radius 1 is 1.06 bits per heavy atom. The van der Waals surface area contributed by atoms with Gasteiger partial charge in [0, 0.05) is 40.4 Å². The van der Waals surface area contributed by atoms with E-state index in [1.807, 2.05) is 46.6 Å². The first-order valence-corrected chi connectivity index (χ1v) is 13.5. The molecule has 4 heterocycles. The monoisotopic (exact) mass is 516 g/mol. The van der Waals surface area contributed by atoms with Crippen LogP contribution < -0.4 is 5.32 Å². The molecule has 0 aliphatic carbocycles. The molecule has 1 atom stereocenters. The van der Waals surface area contributed by atoms with Crippen LogP contribution in [0.15, 0.2) is 60.8 Å². The number of nitrogens with one attached hydrogen (secondary N) is 1. The first kappa shape index (κ1) is 23.3. The van der Waals surface area contributed by atoms with E-state index in [0.717, 1.165) is 47.6 Å². The lowest BCUT2D eigenvalue weighted by Gasteiger charge is -2.32. The van der Waals surface area contributed by atoms with Gasteiger partial charge in [-0.2, -0.15) is 0 Å². The van der Waals surface area contributed by atoms with E-state index in [-0.39, 0.29) is 12.1 Å². The van der Waals surface area contributed by atoms with Crippen molar-refractivity contribution in [2.45, 2.75) is 39.4 Å². The Morgan fingerprint density at radius 2 is 1.89 bits per heavy atom. The molecule has 7 heteroatoms. The number of hydrogen-bond acceptors (Lipinski definition) is 3. The Labute approximate surface area is 220 Å². The minimum Gasteiger partial charge on any atom is -0.310 e. The standard InChI is InChI=1S/C29H29ClN4OS/c1-18-7-4-10-24(19(18)2)31-29(35)34-16-23-22-12-14-32(3)17-26(22)36-28(23)33-13-6-11-25(33)27(34)20-8-5-9-21(30)15-20/h4-11,13,15,27H,12,14,16-17H2,1-3H3,(H,31,35). The average Bonchev–Trinajstić information content (AvgIpc) is 3.43. The minimum atomic E-state index is -0.273.